The van der Waals surface area contributed by atoms with Crippen LogP contribution in [0.4, 0.5) is 5.69 Å². The molecule has 86 valence electrons. The van der Waals surface area contributed by atoms with E-state index in [1.807, 2.05) is 37.4 Å². The summed E-state index contributed by atoms with van der Waals surface area (Å²) in [5.74, 6) is 0. The minimum absolute atomic E-state index is 0.467. The van der Waals surface area contributed by atoms with Gasteiger partial charge in [-0.15, -0.1) is 11.3 Å². The van der Waals surface area contributed by atoms with Gasteiger partial charge in [0.25, 0.3) is 0 Å². The van der Waals surface area contributed by atoms with E-state index in [-0.39, 0.29) is 0 Å². The van der Waals surface area contributed by atoms with Gasteiger partial charge in [-0.25, -0.2) is 4.98 Å². The number of anilines is 1. The fourth-order valence-corrected chi connectivity index (χ4v) is 2.24. The molecule has 1 aromatic heterocycles. The molecular formula is C13H13N3S. The maximum Gasteiger partial charge on any atom is 0.0897 e. The van der Waals surface area contributed by atoms with Gasteiger partial charge < -0.3 is 5.32 Å². The zero-order valence-corrected chi connectivity index (χ0v) is 10.4. The highest BCUT2D eigenvalue weighted by Gasteiger charge is 1.98. The van der Waals surface area contributed by atoms with Crippen molar-refractivity contribution >= 4 is 17.0 Å². The molecule has 0 atom stereocenters. The van der Waals surface area contributed by atoms with E-state index in [4.69, 9.17) is 5.26 Å². The van der Waals surface area contributed by atoms with E-state index in [9.17, 15) is 0 Å². The van der Waals surface area contributed by atoms with Crippen LogP contribution in [0.25, 0.3) is 0 Å². The Kier molecular flexibility index (Phi) is 3.73. The van der Waals surface area contributed by atoms with Crippen LogP contribution in [-0.4, -0.2) is 4.98 Å². The molecule has 2 aromatic rings. The monoisotopic (exact) mass is 243 g/mol. The second kappa shape index (κ2) is 5.46. The summed E-state index contributed by atoms with van der Waals surface area (Å²) in [5, 5.41) is 13.0. The Morgan fingerprint density at radius 1 is 1.35 bits per heavy atom. The van der Waals surface area contributed by atoms with Gasteiger partial charge in [0.15, 0.2) is 0 Å². The summed E-state index contributed by atoms with van der Waals surface area (Å²) in [4.78, 5) is 5.44. The van der Waals surface area contributed by atoms with Gasteiger partial charge in [-0.3, -0.25) is 0 Å². The Labute approximate surface area is 105 Å². The Hall–Kier alpha value is -1.86. The third kappa shape index (κ3) is 3.30. The van der Waals surface area contributed by atoms with Gasteiger partial charge in [-0.1, -0.05) is 12.1 Å². The van der Waals surface area contributed by atoms with Crippen molar-refractivity contribution in [3.63, 3.8) is 0 Å². The fraction of sp³-hybridized carbons (Fsp3) is 0.231. The number of rotatable bonds is 4. The van der Waals surface area contributed by atoms with Crippen molar-refractivity contribution in [1.29, 1.82) is 5.26 Å². The molecule has 0 spiro atoms. The molecule has 0 aliphatic heterocycles. The van der Waals surface area contributed by atoms with Crippen LogP contribution in [0.2, 0.25) is 0 Å². The van der Waals surface area contributed by atoms with Crippen molar-refractivity contribution in [2.75, 3.05) is 5.32 Å². The summed E-state index contributed by atoms with van der Waals surface area (Å²) in [6.07, 6.45) is 2.37. The zero-order chi connectivity index (χ0) is 12.1. The van der Waals surface area contributed by atoms with Crippen molar-refractivity contribution < 1.29 is 0 Å². The molecule has 0 bridgehead atoms. The van der Waals surface area contributed by atoms with Crippen molar-refractivity contribution in [3.8, 4) is 6.07 Å². The number of thiazole rings is 1. The molecule has 0 saturated heterocycles. The lowest BCUT2D eigenvalue weighted by molar-refractivity contribution is 1.16. The number of nitrogens with one attached hydrogen (secondary N) is 1. The summed E-state index contributed by atoms with van der Waals surface area (Å²) in [6, 6.07) is 10.1. The number of benzene rings is 1. The second-order valence-corrected chi connectivity index (χ2v) is 5.05. The van der Waals surface area contributed by atoms with Crippen LogP contribution >= 0.6 is 11.3 Å². The quantitative estimate of drug-likeness (QED) is 0.897. The predicted molar refractivity (Wildman–Crippen MR) is 69.9 cm³/mol. The van der Waals surface area contributed by atoms with E-state index < -0.39 is 0 Å². The third-order valence-corrected chi connectivity index (χ3v) is 3.29. The number of aryl methyl sites for hydroxylation is 1. The summed E-state index contributed by atoms with van der Waals surface area (Å²) in [5.41, 5.74) is 2.12. The van der Waals surface area contributed by atoms with Gasteiger partial charge in [-0.05, 0) is 24.6 Å². The summed E-state index contributed by atoms with van der Waals surface area (Å²) in [7, 11) is 0. The Balaban J connectivity index is 1.93. The summed E-state index contributed by atoms with van der Waals surface area (Å²) in [6.45, 7) is 2.80. The van der Waals surface area contributed by atoms with E-state index in [2.05, 4.69) is 16.4 Å². The molecule has 0 unspecified atom stereocenters. The lowest BCUT2D eigenvalue weighted by atomic mass is 10.1. The van der Waals surface area contributed by atoms with Crippen molar-refractivity contribution in [2.45, 2.75) is 19.9 Å². The fourth-order valence-electron chi connectivity index (χ4n) is 1.51. The topological polar surface area (TPSA) is 48.7 Å². The average molecular weight is 243 g/mol. The van der Waals surface area contributed by atoms with Gasteiger partial charge in [0.2, 0.25) is 0 Å². The number of nitrogens with zero attached hydrogens (tertiary/aromatic N) is 2. The number of hydrogen-bond acceptors (Lipinski definition) is 4. The molecular weight excluding hydrogens is 230 g/mol. The molecule has 0 saturated carbocycles. The molecule has 4 heteroatoms. The Morgan fingerprint density at radius 2 is 2.12 bits per heavy atom. The molecule has 0 aliphatic carbocycles. The smallest absolute Gasteiger partial charge is 0.0897 e. The van der Waals surface area contributed by atoms with Crippen LogP contribution in [0, 0.1) is 18.3 Å². The molecule has 3 nitrogen and oxygen atoms in total. The first-order valence-electron chi connectivity index (χ1n) is 5.39. The normalized spacial score (nSPS) is 9.88. The minimum Gasteiger partial charge on any atom is -0.380 e. The number of nitriles is 1. The predicted octanol–water partition coefficient (Wildman–Crippen LogP) is 3.13. The van der Waals surface area contributed by atoms with Crippen LogP contribution in [0.15, 0.2) is 30.5 Å². The van der Waals surface area contributed by atoms with Gasteiger partial charge in [0, 0.05) is 16.8 Å². The SMILES string of the molecule is Cc1ncc(CNc2ccc(CC#N)cc2)s1. The first kappa shape index (κ1) is 11.6. The maximum atomic E-state index is 8.57. The lowest BCUT2D eigenvalue weighted by Gasteiger charge is -2.04. The summed E-state index contributed by atoms with van der Waals surface area (Å²) >= 11 is 1.70. The van der Waals surface area contributed by atoms with Gasteiger partial charge in [-0.2, -0.15) is 5.26 Å². The van der Waals surface area contributed by atoms with Crippen LogP contribution < -0.4 is 5.32 Å². The minimum atomic E-state index is 0.467. The van der Waals surface area contributed by atoms with E-state index >= 15 is 0 Å². The van der Waals surface area contributed by atoms with Gasteiger partial charge in [0.1, 0.15) is 0 Å². The Bertz CT molecular complexity index is 522. The highest BCUT2D eigenvalue weighted by Crippen LogP contribution is 2.15. The molecule has 1 N–H and O–H groups in total. The molecule has 2 rings (SSSR count). The zero-order valence-electron chi connectivity index (χ0n) is 9.60. The highest BCUT2D eigenvalue weighted by atomic mass is 32.1. The number of aromatic nitrogens is 1. The Morgan fingerprint density at radius 3 is 2.71 bits per heavy atom. The molecule has 0 fully saturated rings. The van der Waals surface area contributed by atoms with E-state index in [1.54, 1.807) is 11.3 Å². The van der Waals surface area contributed by atoms with Gasteiger partial charge in [0.05, 0.1) is 24.0 Å². The first-order valence-corrected chi connectivity index (χ1v) is 6.20. The maximum absolute atomic E-state index is 8.57. The van der Waals surface area contributed by atoms with E-state index in [0.29, 0.717) is 6.42 Å². The van der Waals surface area contributed by atoms with Crippen LogP contribution in [0.5, 0.6) is 0 Å². The van der Waals surface area contributed by atoms with Crippen LogP contribution in [0.3, 0.4) is 0 Å². The molecule has 1 heterocycles. The first-order chi connectivity index (χ1) is 8.28. The van der Waals surface area contributed by atoms with Crippen molar-refractivity contribution in [3.05, 3.63) is 45.9 Å². The molecule has 0 aliphatic rings. The van der Waals surface area contributed by atoms with Crippen LogP contribution in [0.1, 0.15) is 15.4 Å². The lowest BCUT2D eigenvalue weighted by Crippen LogP contribution is -1.97. The number of hydrogen-bond donors (Lipinski definition) is 1. The molecule has 0 amide bonds. The van der Waals surface area contributed by atoms with Crippen molar-refractivity contribution in [2.24, 2.45) is 0 Å². The molecule has 1 aromatic carbocycles. The van der Waals surface area contributed by atoms with Gasteiger partial charge >= 0.3 is 0 Å². The van der Waals surface area contributed by atoms with Crippen LogP contribution in [-0.2, 0) is 13.0 Å². The molecule has 0 radical (unpaired) electrons. The average Bonchev–Trinajstić information content (AvgIpc) is 2.75. The third-order valence-electron chi connectivity index (χ3n) is 2.37. The highest BCUT2D eigenvalue weighted by molar-refractivity contribution is 7.11. The standard InChI is InChI=1S/C13H13N3S/c1-10-15-8-13(17-10)9-16-12-4-2-11(3-5-12)6-7-14/h2-5,8,16H,6,9H2,1H3. The van der Waals surface area contributed by atoms with Crippen molar-refractivity contribution in [1.82, 2.24) is 4.98 Å². The van der Waals surface area contributed by atoms with E-state index in [1.165, 1.54) is 4.88 Å². The molecule has 17 heavy (non-hydrogen) atoms. The largest absolute Gasteiger partial charge is 0.380 e. The summed E-state index contributed by atoms with van der Waals surface area (Å²) < 4.78 is 0. The van der Waals surface area contributed by atoms with E-state index in [0.717, 1.165) is 22.8 Å². The second-order valence-electron chi connectivity index (χ2n) is 3.73.